The molecule has 0 aliphatic rings. The monoisotopic (exact) mass is 318 g/mol. The maximum Gasteiger partial charge on any atom is 0.150 e. The molecule has 3 heteroatoms. The quantitative estimate of drug-likeness (QED) is 0.615. The van der Waals surface area contributed by atoms with Crippen molar-refractivity contribution in [1.82, 2.24) is 0 Å². The molecule has 0 spiro atoms. The fourth-order valence-electron chi connectivity index (χ4n) is 2.47. The second kappa shape index (κ2) is 7.47. The number of hydrogen-bond donors (Lipinski definition) is 0. The van der Waals surface area contributed by atoms with E-state index in [0.717, 1.165) is 28.7 Å². The van der Waals surface area contributed by atoms with Crippen LogP contribution in [-0.4, -0.2) is 13.4 Å². The highest BCUT2D eigenvalue weighted by molar-refractivity contribution is 5.79. The van der Waals surface area contributed by atoms with Crippen molar-refractivity contribution in [3.05, 3.63) is 83.9 Å². The van der Waals surface area contributed by atoms with Crippen molar-refractivity contribution in [3.63, 3.8) is 0 Å². The minimum Gasteiger partial charge on any atom is -0.497 e. The van der Waals surface area contributed by atoms with Crippen molar-refractivity contribution in [2.75, 3.05) is 7.11 Å². The first-order chi connectivity index (χ1) is 11.8. The van der Waals surface area contributed by atoms with Gasteiger partial charge >= 0.3 is 0 Å². The highest BCUT2D eigenvalue weighted by Gasteiger charge is 2.06. The highest BCUT2D eigenvalue weighted by atomic mass is 16.5. The van der Waals surface area contributed by atoms with E-state index in [2.05, 4.69) is 0 Å². The van der Waals surface area contributed by atoms with Crippen LogP contribution in [-0.2, 0) is 6.61 Å². The predicted octanol–water partition coefficient (Wildman–Crippen LogP) is 4.75. The molecule has 0 fully saturated rings. The zero-order chi connectivity index (χ0) is 16.8. The van der Waals surface area contributed by atoms with Crippen molar-refractivity contribution in [1.29, 1.82) is 0 Å². The zero-order valence-electron chi connectivity index (χ0n) is 13.4. The molecule has 120 valence electrons. The summed E-state index contributed by atoms with van der Waals surface area (Å²) in [5.74, 6) is 1.44. The van der Waals surface area contributed by atoms with Crippen LogP contribution in [0.1, 0.15) is 15.9 Å². The van der Waals surface area contributed by atoms with E-state index in [1.54, 1.807) is 13.2 Å². The Hall–Kier alpha value is -3.07. The Bertz CT molecular complexity index is 825. The van der Waals surface area contributed by atoms with Crippen LogP contribution in [0, 0.1) is 0 Å². The van der Waals surface area contributed by atoms with Gasteiger partial charge in [-0.2, -0.15) is 0 Å². The molecule has 0 aliphatic heterocycles. The molecule has 0 bridgehead atoms. The summed E-state index contributed by atoms with van der Waals surface area (Å²) in [6, 6.07) is 23.2. The lowest BCUT2D eigenvalue weighted by Crippen LogP contribution is -1.96. The van der Waals surface area contributed by atoms with Crippen LogP contribution < -0.4 is 9.47 Å². The number of hydrogen-bond acceptors (Lipinski definition) is 3. The van der Waals surface area contributed by atoms with Crippen molar-refractivity contribution < 1.29 is 14.3 Å². The summed E-state index contributed by atoms with van der Waals surface area (Å²) in [5.41, 5.74) is 3.64. The number of rotatable bonds is 6. The van der Waals surface area contributed by atoms with Gasteiger partial charge in [-0.1, -0.05) is 48.5 Å². The van der Waals surface area contributed by atoms with Gasteiger partial charge in [0.1, 0.15) is 24.4 Å². The Balaban J connectivity index is 1.88. The fraction of sp³-hybridized carbons (Fsp3) is 0.0952. The number of carbonyl (C=O) groups excluding carboxylic acids is 1. The first-order valence-electron chi connectivity index (χ1n) is 7.70. The smallest absolute Gasteiger partial charge is 0.150 e. The van der Waals surface area contributed by atoms with E-state index in [1.807, 2.05) is 66.7 Å². The van der Waals surface area contributed by atoms with Gasteiger partial charge in [-0.25, -0.2) is 0 Å². The van der Waals surface area contributed by atoms with Gasteiger partial charge in [0.25, 0.3) is 0 Å². The minimum absolute atomic E-state index is 0.488. The second-order valence-electron chi connectivity index (χ2n) is 5.41. The molecule has 0 aromatic heterocycles. The average Bonchev–Trinajstić information content (AvgIpc) is 2.67. The van der Waals surface area contributed by atoms with E-state index in [4.69, 9.17) is 9.47 Å². The minimum atomic E-state index is 0.488. The first-order valence-corrected chi connectivity index (χ1v) is 7.70. The van der Waals surface area contributed by atoms with Crippen molar-refractivity contribution in [2.24, 2.45) is 0 Å². The SMILES string of the molecule is COc1cc(OCc2ccccc2)cc(-c2cccc(C=O)c2)c1. The van der Waals surface area contributed by atoms with E-state index < -0.39 is 0 Å². The van der Waals surface area contributed by atoms with E-state index in [1.165, 1.54) is 0 Å². The summed E-state index contributed by atoms with van der Waals surface area (Å²) in [4.78, 5) is 11.0. The maximum atomic E-state index is 11.0. The Morgan fingerprint density at radius 3 is 2.38 bits per heavy atom. The lowest BCUT2D eigenvalue weighted by atomic mass is 10.0. The lowest BCUT2D eigenvalue weighted by Gasteiger charge is -2.11. The third kappa shape index (κ3) is 3.82. The van der Waals surface area contributed by atoms with Gasteiger partial charge in [0.2, 0.25) is 0 Å². The van der Waals surface area contributed by atoms with E-state index in [-0.39, 0.29) is 0 Å². The Labute approximate surface area is 141 Å². The van der Waals surface area contributed by atoms with Crippen molar-refractivity contribution in [3.8, 4) is 22.6 Å². The summed E-state index contributed by atoms with van der Waals surface area (Å²) in [6.45, 7) is 0.488. The molecule has 0 radical (unpaired) electrons. The van der Waals surface area contributed by atoms with Crippen LogP contribution in [0.2, 0.25) is 0 Å². The summed E-state index contributed by atoms with van der Waals surface area (Å²) in [7, 11) is 1.63. The Morgan fingerprint density at radius 2 is 1.62 bits per heavy atom. The summed E-state index contributed by atoms with van der Waals surface area (Å²) in [5, 5.41) is 0. The van der Waals surface area contributed by atoms with Crippen LogP contribution in [0.25, 0.3) is 11.1 Å². The van der Waals surface area contributed by atoms with Crippen LogP contribution in [0.4, 0.5) is 0 Å². The van der Waals surface area contributed by atoms with Gasteiger partial charge in [0.05, 0.1) is 7.11 Å². The molecule has 0 atom stereocenters. The number of ether oxygens (including phenoxy) is 2. The normalized spacial score (nSPS) is 10.2. The summed E-state index contributed by atoms with van der Waals surface area (Å²) in [6.07, 6.45) is 0.844. The molecular weight excluding hydrogens is 300 g/mol. The van der Waals surface area contributed by atoms with Crippen molar-refractivity contribution in [2.45, 2.75) is 6.61 Å². The van der Waals surface area contributed by atoms with Crippen molar-refractivity contribution >= 4 is 6.29 Å². The molecule has 0 saturated carbocycles. The molecule has 0 amide bonds. The molecule has 24 heavy (non-hydrogen) atoms. The molecule has 0 saturated heterocycles. The standard InChI is InChI=1S/C21H18O3/c1-23-20-11-19(18-9-5-8-17(10-18)14-22)12-21(13-20)24-15-16-6-3-2-4-7-16/h2-14H,15H2,1H3. The van der Waals surface area contributed by atoms with Crippen LogP contribution >= 0.6 is 0 Å². The first kappa shape index (κ1) is 15.8. The fourth-order valence-corrected chi connectivity index (χ4v) is 2.47. The molecule has 0 unspecified atom stereocenters. The zero-order valence-corrected chi connectivity index (χ0v) is 13.4. The molecule has 3 aromatic carbocycles. The molecular formula is C21H18O3. The number of methoxy groups -OCH3 is 1. The third-order valence-corrected chi connectivity index (χ3v) is 3.72. The molecule has 3 rings (SSSR count). The summed E-state index contributed by atoms with van der Waals surface area (Å²) < 4.78 is 11.3. The van der Waals surface area contributed by atoms with Gasteiger partial charge in [-0.05, 0) is 34.9 Å². The second-order valence-corrected chi connectivity index (χ2v) is 5.41. The molecule has 0 N–H and O–H groups in total. The van der Waals surface area contributed by atoms with E-state index in [0.29, 0.717) is 17.9 Å². The van der Waals surface area contributed by atoms with Crippen LogP contribution in [0.15, 0.2) is 72.8 Å². The van der Waals surface area contributed by atoms with Crippen LogP contribution in [0.3, 0.4) is 0 Å². The number of carbonyl (C=O) groups is 1. The molecule has 3 nitrogen and oxygen atoms in total. The third-order valence-electron chi connectivity index (χ3n) is 3.72. The Kier molecular flexibility index (Phi) is 4.92. The average molecular weight is 318 g/mol. The van der Waals surface area contributed by atoms with Gasteiger partial charge in [0.15, 0.2) is 0 Å². The summed E-state index contributed by atoms with van der Waals surface area (Å²) >= 11 is 0. The largest absolute Gasteiger partial charge is 0.497 e. The lowest BCUT2D eigenvalue weighted by molar-refractivity contribution is 0.112. The number of aldehydes is 1. The van der Waals surface area contributed by atoms with E-state index in [9.17, 15) is 4.79 Å². The molecule has 0 heterocycles. The Morgan fingerprint density at radius 1 is 0.833 bits per heavy atom. The topological polar surface area (TPSA) is 35.5 Å². The predicted molar refractivity (Wildman–Crippen MR) is 94.6 cm³/mol. The number of benzene rings is 3. The van der Waals surface area contributed by atoms with Gasteiger partial charge < -0.3 is 9.47 Å². The molecule has 3 aromatic rings. The maximum absolute atomic E-state index is 11.0. The van der Waals surface area contributed by atoms with Gasteiger partial charge in [-0.15, -0.1) is 0 Å². The van der Waals surface area contributed by atoms with E-state index >= 15 is 0 Å². The van der Waals surface area contributed by atoms with Gasteiger partial charge in [0, 0.05) is 11.6 Å². The molecule has 0 aliphatic carbocycles. The van der Waals surface area contributed by atoms with Crippen LogP contribution in [0.5, 0.6) is 11.5 Å². The highest BCUT2D eigenvalue weighted by Crippen LogP contribution is 2.30. The van der Waals surface area contributed by atoms with Gasteiger partial charge in [-0.3, -0.25) is 4.79 Å².